The van der Waals surface area contributed by atoms with E-state index in [0.29, 0.717) is 6.42 Å². The molecule has 0 aromatic heterocycles. The molecule has 0 aliphatic carbocycles. The minimum Gasteiger partial charge on any atom is -0.481 e. The molecular weight excluding hydrogens is 997 g/mol. The van der Waals surface area contributed by atoms with Crippen LogP contribution >= 0.6 is 0 Å². The third-order valence-electron chi connectivity index (χ3n) is 9.76. The van der Waals surface area contributed by atoms with Gasteiger partial charge in [0.15, 0.2) is 0 Å². The fourth-order valence-electron chi connectivity index (χ4n) is 5.84. The van der Waals surface area contributed by atoms with E-state index in [1.54, 1.807) is 13.8 Å². The van der Waals surface area contributed by atoms with Crippen molar-refractivity contribution in [1.82, 2.24) is 42.5 Å². The molecule has 418 valence electrons. The normalized spacial score (nSPS) is 13.8. The molecule has 0 heterocycles. The molecule has 74 heavy (non-hydrogen) atoms. The summed E-state index contributed by atoms with van der Waals surface area (Å²) in [5.74, 6) is -19.1. The van der Waals surface area contributed by atoms with Gasteiger partial charge in [-0.2, -0.15) is 0 Å². The fraction of sp³-hybridized carbons (Fsp3) is 0.634. The molecule has 10 amide bonds. The zero-order chi connectivity index (χ0) is 57.4. The van der Waals surface area contributed by atoms with Crippen molar-refractivity contribution in [2.75, 3.05) is 19.7 Å². The Morgan fingerprint density at radius 3 is 1.27 bits per heavy atom. The van der Waals surface area contributed by atoms with Gasteiger partial charge in [0, 0.05) is 26.2 Å². The van der Waals surface area contributed by atoms with Crippen molar-refractivity contribution in [2.45, 2.75) is 140 Å². The number of carbonyl (C=O) groups is 15. The molecule has 0 aliphatic heterocycles. The predicted molar refractivity (Wildman–Crippen MR) is 249 cm³/mol. The van der Waals surface area contributed by atoms with Crippen LogP contribution in [0.1, 0.15) is 91.4 Å². The monoisotopic (exact) mass is 1060 g/mol. The average Bonchev–Trinajstić information content (AvgIpc) is 3.29. The van der Waals surface area contributed by atoms with Gasteiger partial charge in [0.2, 0.25) is 59.1 Å². The number of carbonyl (C=O) groups excluding carboxylic acids is 10. The summed E-state index contributed by atoms with van der Waals surface area (Å²) in [7, 11) is 0. The summed E-state index contributed by atoms with van der Waals surface area (Å²) in [6, 6.07) is -13.9. The second kappa shape index (κ2) is 35.9. The SMILES string of the molecule is CC(=O)O.CC(C)[C@H](N)C(=O)N[C@@H](CCC(N)=O)C(=O)NCC(=O)N[C@@H](CCC(=O)O)C(=O)N[C@@H](CCC(=O)O)C(=O)N[C@@H](CO)C(=O)N[C@@H](CC(N)=O)C(=O)N[C@@H](CC(=O)O)C(=O)N[C@@H](CCCCN)C(=O)O. The summed E-state index contributed by atoms with van der Waals surface area (Å²) in [5.41, 5.74) is 21.6. The van der Waals surface area contributed by atoms with E-state index in [1.807, 2.05) is 16.0 Å². The third-order valence-corrected chi connectivity index (χ3v) is 9.76. The standard InChI is InChI=1S/C39H64N12O19.C2H4O2/c1-17(2)31(43)38(68)47-18(6-9-25(41)53)32(62)44-15-27(55)45-19(7-10-28(56)57)33(63)46-20(8-11-29(58)59)34(64)51-24(16-52)37(67)49-22(13-26(42)54)35(65)50-23(14-30(60)61)36(66)48-21(39(69)70)5-3-4-12-40;1-2(3)4/h17-24,31,52H,3-16,40,43H2,1-2H3,(H2,41,53)(H2,42,54)(H,44,62)(H,45,55)(H,46,63)(H,47,68)(H,48,66)(H,49,67)(H,50,65)(H,51,64)(H,56,57)(H,58,59)(H,60,61)(H,69,70);1H3,(H,3,4)/t18-,19-,20-,21-,22-,23-,24-,31-;/m0./s1. The third kappa shape index (κ3) is 30.6. The van der Waals surface area contributed by atoms with E-state index < -0.39 is 189 Å². The van der Waals surface area contributed by atoms with E-state index in [9.17, 15) is 92.7 Å². The molecular formula is C41H68N12O21. The maximum absolute atomic E-state index is 13.5. The number of nitrogens with two attached hydrogens (primary N) is 4. The summed E-state index contributed by atoms with van der Waals surface area (Å²) < 4.78 is 0. The lowest BCUT2D eigenvalue weighted by molar-refractivity contribution is -0.144. The number of amides is 10. The quantitative estimate of drug-likeness (QED) is 0.0259. The Morgan fingerprint density at radius 2 is 0.851 bits per heavy atom. The number of aliphatic hydroxyl groups excluding tert-OH is 1. The summed E-state index contributed by atoms with van der Waals surface area (Å²) in [6.45, 7) is 2.33. The average molecular weight is 1070 g/mol. The number of nitrogens with one attached hydrogen (secondary N) is 8. The molecule has 0 fully saturated rings. The van der Waals surface area contributed by atoms with Crippen LogP contribution in [-0.4, -0.2) is 188 Å². The van der Waals surface area contributed by atoms with Crippen molar-refractivity contribution in [3.63, 3.8) is 0 Å². The van der Waals surface area contributed by atoms with Crippen molar-refractivity contribution in [2.24, 2.45) is 28.9 Å². The number of aliphatic carboxylic acids is 5. The number of hydrogen-bond acceptors (Lipinski definition) is 18. The first-order valence-corrected chi connectivity index (χ1v) is 22.5. The van der Waals surface area contributed by atoms with E-state index in [0.717, 1.165) is 6.92 Å². The van der Waals surface area contributed by atoms with Crippen LogP contribution in [0.3, 0.4) is 0 Å². The van der Waals surface area contributed by atoms with Gasteiger partial charge < -0.3 is 96.1 Å². The van der Waals surface area contributed by atoms with E-state index in [2.05, 4.69) is 26.6 Å². The highest BCUT2D eigenvalue weighted by molar-refractivity contribution is 5.99. The lowest BCUT2D eigenvalue weighted by Gasteiger charge is -2.26. The summed E-state index contributed by atoms with van der Waals surface area (Å²) >= 11 is 0. The number of primary amides is 2. The predicted octanol–water partition coefficient (Wildman–Crippen LogP) is -7.88. The van der Waals surface area contributed by atoms with E-state index in [4.69, 9.17) is 32.8 Å². The van der Waals surface area contributed by atoms with Crippen LogP contribution in [-0.2, 0) is 71.9 Å². The second-order valence-corrected chi connectivity index (χ2v) is 16.4. The zero-order valence-electron chi connectivity index (χ0n) is 40.7. The second-order valence-electron chi connectivity index (χ2n) is 16.4. The molecule has 0 radical (unpaired) electrons. The van der Waals surface area contributed by atoms with E-state index >= 15 is 0 Å². The van der Waals surface area contributed by atoms with Gasteiger partial charge in [0.1, 0.15) is 42.3 Å². The maximum Gasteiger partial charge on any atom is 0.326 e. The van der Waals surface area contributed by atoms with Crippen molar-refractivity contribution < 1.29 is 103 Å². The molecule has 8 atom stereocenters. The van der Waals surface area contributed by atoms with Crippen molar-refractivity contribution >= 4 is 88.9 Å². The van der Waals surface area contributed by atoms with Crippen LogP contribution in [0.5, 0.6) is 0 Å². The highest BCUT2D eigenvalue weighted by Gasteiger charge is 2.35. The number of carboxylic acid groups (broad SMARTS) is 5. The Balaban J connectivity index is 0. The minimum atomic E-state index is -2.08. The number of carboxylic acids is 5. The molecule has 0 aliphatic rings. The zero-order valence-corrected chi connectivity index (χ0v) is 40.7. The first-order valence-electron chi connectivity index (χ1n) is 22.5. The molecule has 0 aromatic carbocycles. The lowest BCUT2D eigenvalue weighted by atomic mass is 10.0. The Kier molecular flexibility index (Phi) is 33.0. The molecule has 33 nitrogen and oxygen atoms in total. The number of hydrogen-bond donors (Lipinski definition) is 18. The van der Waals surface area contributed by atoms with Gasteiger partial charge in [-0.25, -0.2) is 4.79 Å². The molecule has 33 heteroatoms. The number of aliphatic hydroxyl groups is 1. The summed E-state index contributed by atoms with van der Waals surface area (Å²) in [5, 5.41) is 71.8. The van der Waals surface area contributed by atoms with Crippen molar-refractivity contribution in [1.29, 1.82) is 0 Å². The maximum atomic E-state index is 13.5. The Labute approximate surface area is 421 Å². The minimum absolute atomic E-state index is 0.132. The van der Waals surface area contributed by atoms with E-state index in [1.165, 1.54) is 0 Å². The smallest absolute Gasteiger partial charge is 0.326 e. The first-order chi connectivity index (χ1) is 34.4. The molecule has 0 unspecified atom stereocenters. The highest BCUT2D eigenvalue weighted by Crippen LogP contribution is 2.08. The van der Waals surface area contributed by atoms with Crippen LogP contribution in [0, 0.1) is 5.92 Å². The van der Waals surface area contributed by atoms with Crippen LogP contribution in [0.15, 0.2) is 0 Å². The fourth-order valence-corrected chi connectivity index (χ4v) is 5.84. The molecule has 0 saturated carbocycles. The van der Waals surface area contributed by atoms with Gasteiger partial charge in [-0.3, -0.25) is 67.1 Å². The largest absolute Gasteiger partial charge is 0.481 e. The van der Waals surface area contributed by atoms with Crippen molar-refractivity contribution in [3.8, 4) is 0 Å². The molecule has 0 spiro atoms. The van der Waals surface area contributed by atoms with Crippen LogP contribution in [0.4, 0.5) is 0 Å². The van der Waals surface area contributed by atoms with Gasteiger partial charge in [-0.05, 0) is 51.0 Å². The number of rotatable bonds is 36. The van der Waals surface area contributed by atoms with E-state index in [-0.39, 0.29) is 38.1 Å². The van der Waals surface area contributed by atoms with Crippen LogP contribution in [0.2, 0.25) is 0 Å². The number of unbranched alkanes of at least 4 members (excludes halogenated alkanes) is 1. The molecule has 0 saturated heterocycles. The Morgan fingerprint density at radius 1 is 0.459 bits per heavy atom. The van der Waals surface area contributed by atoms with Gasteiger partial charge >= 0.3 is 23.9 Å². The molecule has 0 bridgehead atoms. The molecule has 0 aromatic rings. The Bertz CT molecular complexity index is 2020. The lowest BCUT2D eigenvalue weighted by Crippen LogP contribution is -2.61. The summed E-state index contributed by atoms with van der Waals surface area (Å²) in [4.78, 5) is 184. The first kappa shape index (κ1) is 68.0. The summed E-state index contributed by atoms with van der Waals surface area (Å²) in [6.07, 6.45) is -5.38. The van der Waals surface area contributed by atoms with Gasteiger partial charge in [-0.15, -0.1) is 0 Å². The van der Waals surface area contributed by atoms with Crippen LogP contribution in [0.25, 0.3) is 0 Å². The van der Waals surface area contributed by atoms with Crippen LogP contribution < -0.4 is 65.5 Å². The Hall–Kier alpha value is -8.07. The van der Waals surface area contributed by atoms with Crippen molar-refractivity contribution in [3.05, 3.63) is 0 Å². The molecule has 0 rings (SSSR count). The highest BCUT2D eigenvalue weighted by atomic mass is 16.4. The van der Waals surface area contributed by atoms with Gasteiger partial charge in [0.05, 0.1) is 32.0 Å². The van der Waals surface area contributed by atoms with Gasteiger partial charge in [-0.1, -0.05) is 13.8 Å². The van der Waals surface area contributed by atoms with Gasteiger partial charge in [0.25, 0.3) is 5.97 Å². The topological polar surface area (TPSA) is 578 Å². The molecule has 22 N–H and O–H groups in total.